The Kier molecular flexibility index (Phi) is 2.32. The van der Waals surface area contributed by atoms with E-state index in [0.29, 0.717) is 0 Å². The van der Waals surface area contributed by atoms with Crippen LogP contribution in [0.5, 0.6) is 0 Å². The minimum atomic E-state index is -0.408. The molecule has 0 amide bonds. The second-order valence-electron chi connectivity index (χ2n) is 3.52. The van der Waals surface area contributed by atoms with Gasteiger partial charge >= 0.3 is 0 Å². The topological polar surface area (TPSA) is 23.5 Å². The molecule has 1 fully saturated rings. The van der Waals surface area contributed by atoms with Crippen molar-refractivity contribution in [2.24, 2.45) is 0 Å². The van der Waals surface area contributed by atoms with Crippen LogP contribution in [0.3, 0.4) is 0 Å². The van der Waals surface area contributed by atoms with E-state index in [1.165, 1.54) is 6.42 Å². The van der Waals surface area contributed by atoms with Gasteiger partial charge in [0.05, 0.1) is 5.60 Å². The van der Waals surface area contributed by atoms with Gasteiger partial charge in [-0.3, -0.25) is 0 Å². The highest BCUT2D eigenvalue weighted by Gasteiger charge is 2.30. The third-order valence-corrected chi connectivity index (χ3v) is 2.07. The molecule has 60 valence electrons. The Labute approximate surface area is 62.8 Å². The van der Waals surface area contributed by atoms with E-state index in [4.69, 9.17) is 0 Å². The van der Waals surface area contributed by atoms with Gasteiger partial charge in [-0.15, -0.1) is 0 Å². The average molecular weight is 143 g/mol. The van der Waals surface area contributed by atoms with Crippen molar-refractivity contribution >= 4 is 0 Å². The standard InChI is InChI=1S/C8H17NO/c1-3-5-9-6-4-8(2,10)7-9/h10H,3-7H2,1-2H3/t8-/m1/s1. The molecule has 1 aliphatic heterocycles. The molecule has 1 rings (SSSR count). The molecule has 1 atom stereocenters. The number of nitrogens with zero attached hydrogens (tertiary/aromatic N) is 1. The molecule has 1 aliphatic rings. The van der Waals surface area contributed by atoms with E-state index in [0.717, 1.165) is 26.1 Å². The van der Waals surface area contributed by atoms with Crippen LogP contribution in [-0.4, -0.2) is 35.2 Å². The fourth-order valence-electron chi connectivity index (χ4n) is 1.55. The van der Waals surface area contributed by atoms with E-state index in [9.17, 15) is 5.11 Å². The van der Waals surface area contributed by atoms with Crippen LogP contribution in [0.25, 0.3) is 0 Å². The van der Waals surface area contributed by atoms with Crippen molar-refractivity contribution < 1.29 is 5.11 Å². The highest BCUT2D eigenvalue weighted by Crippen LogP contribution is 2.19. The maximum atomic E-state index is 9.55. The zero-order valence-electron chi connectivity index (χ0n) is 6.93. The van der Waals surface area contributed by atoms with Gasteiger partial charge in [0, 0.05) is 13.1 Å². The van der Waals surface area contributed by atoms with Gasteiger partial charge in [-0.05, 0) is 26.3 Å². The lowest BCUT2D eigenvalue weighted by Gasteiger charge is -2.17. The first-order valence-corrected chi connectivity index (χ1v) is 4.09. The Morgan fingerprint density at radius 3 is 2.70 bits per heavy atom. The second kappa shape index (κ2) is 2.89. The molecule has 0 radical (unpaired) electrons. The minimum Gasteiger partial charge on any atom is -0.389 e. The molecule has 0 aromatic carbocycles. The summed E-state index contributed by atoms with van der Waals surface area (Å²) in [6.45, 7) is 7.16. The predicted molar refractivity (Wildman–Crippen MR) is 42.0 cm³/mol. The van der Waals surface area contributed by atoms with Gasteiger partial charge < -0.3 is 10.0 Å². The SMILES string of the molecule is CCCN1CC[C@@](C)(O)C1. The van der Waals surface area contributed by atoms with Crippen molar-refractivity contribution in [3.05, 3.63) is 0 Å². The molecule has 1 N–H and O–H groups in total. The summed E-state index contributed by atoms with van der Waals surface area (Å²) in [6.07, 6.45) is 2.13. The lowest BCUT2D eigenvalue weighted by atomic mass is 10.1. The van der Waals surface area contributed by atoms with Crippen LogP contribution < -0.4 is 0 Å². The van der Waals surface area contributed by atoms with Crippen molar-refractivity contribution in [2.45, 2.75) is 32.3 Å². The zero-order valence-corrected chi connectivity index (χ0v) is 6.93. The predicted octanol–water partition coefficient (Wildman–Crippen LogP) is 0.853. The van der Waals surface area contributed by atoms with Crippen LogP contribution in [0, 0.1) is 0 Å². The zero-order chi connectivity index (χ0) is 7.61. The van der Waals surface area contributed by atoms with Crippen LogP contribution in [0.1, 0.15) is 26.7 Å². The van der Waals surface area contributed by atoms with Crippen LogP contribution in [0.4, 0.5) is 0 Å². The third-order valence-electron chi connectivity index (χ3n) is 2.07. The molecule has 0 aliphatic carbocycles. The van der Waals surface area contributed by atoms with Crippen LogP contribution in [0.2, 0.25) is 0 Å². The molecule has 10 heavy (non-hydrogen) atoms. The molecule has 2 heteroatoms. The van der Waals surface area contributed by atoms with Gasteiger partial charge in [0.1, 0.15) is 0 Å². The molecule has 0 bridgehead atoms. The molecule has 0 aromatic rings. The number of hydrogen-bond acceptors (Lipinski definition) is 2. The first-order chi connectivity index (χ1) is 4.64. The quantitative estimate of drug-likeness (QED) is 0.619. The largest absolute Gasteiger partial charge is 0.389 e. The highest BCUT2D eigenvalue weighted by molar-refractivity contribution is 4.85. The fourth-order valence-corrected chi connectivity index (χ4v) is 1.55. The normalized spacial score (nSPS) is 35.1. The molecule has 0 aromatic heterocycles. The molecule has 0 unspecified atom stereocenters. The number of likely N-dealkylation sites (tertiary alicyclic amines) is 1. The Morgan fingerprint density at radius 2 is 2.30 bits per heavy atom. The Morgan fingerprint density at radius 1 is 1.60 bits per heavy atom. The average Bonchev–Trinajstić information content (AvgIpc) is 2.12. The molecule has 1 heterocycles. The summed E-state index contributed by atoms with van der Waals surface area (Å²) in [4.78, 5) is 2.32. The van der Waals surface area contributed by atoms with Crippen molar-refractivity contribution in [3.8, 4) is 0 Å². The summed E-state index contributed by atoms with van der Waals surface area (Å²) >= 11 is 0. The molecular weight excluding hydrogens is 126 g/mol. The third kappa shape index (κ3) is 1.96. The van der Waals surface area contributed by atoms with E-state index in [-0.39, 0.29) is 0 Å². The number of β-amino-alcohol motifs (C(OH)–C–C–N with tert-alkyl or cyclic N) is 1. The maximum absolute atomic E-state index is 9.55. The summed E-state index contributed by atoms with van der Waals surface area (Å²) in [5.41, 5.74) is -0.408. The Bertz CT molecular complexity index is 112. The van der Waals surface area contributed by atoms with Crippen LogP contribution in [0.15, 0.2) is 0 Å². The minimum absolute atomic E-state index is 0.408. The van der Waals surface area contributed by atoms with E-state index in [1.54, 1.807) is 0 Å². The molecular formula is C8H17NO. The fraction of sp³-hybridized carbons (Fsp3) is 1.00. The van der Waals surface area contributed by atoms with Crippen molar-refractivity contribution in [1.82, 2.24) is 4.90 Å². The highest BCUT2D eigenvalue weighted by atomic mass is 16.3. The van der Waals surface area contributed by atoms with Gasteiger partial charge in [0.25, 0.3) is 0 Å². The first kappa shape index (κ1) is 8.02. The summed E-state index contributed by atoms with van der Waals surface area (Å²) in [6, 6.07) is 0. The smallest absolute Gasteiger partial charge is 0.0758 e. The number of rotatable bonds is 2. The summed E-state index contributed by atoms with van der Waals surface area (Å²) in [7, 11) is 0. The van der Waals surface area contributed by atoms with Gasteiger partial charge in [-0.25, -0.2) is 0 Å². The number of aliphatic hydroxyl groups is 1. The van der Waals surface area contributed by atoms with Crippen molar-refractivity contribution in [3.63, 3.8) is 0 Å². The molecule has 0 saturated carbocycles. The summed E-state index contributed by atoms with van der Waals surface area (Å²) in [5, 5.41) is 9.55. The molecule has 2 nitrogen and oxygen atoms in total. The summed E-state index contributed by atoms with van der Waals surface area (Å²) < 4.78 is 0. The first-order valence-electron chi connectivity index (χ1n) is 4.09. The summed E-state index contributed by atoms with van der Waals surface area (Å²) in [5.74, 6) is 0. The van der Waals surface area contributed by atoms with Gasteiger partial charge in [-0.2, -0.15) is 0 Å². The monoisotopic (exact) mass is 143 g/mol. The Hall–Kier alpha value is -0.0800. The maximum Gasteiger partial charge on any atom is 0.0758 e. The van der Waals surface area contributed by atoms with Crippen LogP contribution in [-0.2, 0) is 0 Å². The van der Waals surface area contributed by atoms with Crippen molar-refractivity contribution in [2.75, 3.05) is 19.6 Å². The molecule has 1 saturated heterocycles. The van der Waals surface area contributed by atoms with Crippen LogP contribution >= 0.6 is 0 Å². The van der Waals surface area contributed by atoms with Gasteiger partial charge in [0.2, 0.25) is 0 Å². The van der Waals surface area contributed by atoms with E-state index >= 15 is 0 Å². The lowest BCUT2D eigenvalue weighted by molar-refractivity contribution is 0.0688. The van der Waals surface area contributed by atoms with E-state index in [1.807, 2.05) is 6.92 Å². The Balaban J connectivity index is 2.29. The van der Waals surface area contributed by atoms with Gasteiger partial charge in [-0.1, -0.05) is 6.92 Å². The van der Waals surface area contributed by atoms with E-state index in [2.05, 4.69) is 11.8 Å². The second-order valence-corrected chi connectivity index (χ2v) is 3.52. The number of hydrogen-bond donors (Lipinski definition) is 1. The molecule has 0 spiro atoms. The lowest BCUT2D eigenvalue weighted by Crippen LogP contribution is -2.29. The van der Waals surface area contributed by atoms with Crippen molar-refractivity contribution in [1.29, 1.82) is 0 Å². The van der Waals surface area contributed by atoms with Gasteiger partial charge in [0.15, 0.2) is 0 Å². The van der Waals surface area contributed by atoms with E-state index < -0.39 is 5.60 Å².